The van der Waals surface area contributed by atoms with Crippen molar-refractivity contribution in [3.8, 4) is 5.69 Å². The fourth-order valence-corrected chi connectivity index (χ4v) is 4.54. The monoisotopic (exact) mass is 408 g/mol. The summed E-state index contributed by atoms with van der Waals surface area (Å²) in [5, 5.41) is 7.43. The topological polar surface area (TPSA) is 59.8 Å². The molecule has 0 aliphatic rings. The van der Waals surface area contributed by atoms with Crippen molar-refractivity contribution in [2.45, 2.75) is 16.5 Å². The van der Waals surface area contributed by atoms with Gasteiger partial charge in [0.15, 0.2) is 8.29 Å². The molecule has 0 aliphatic carbocycles. The van der Waals surface area contributed by atoms with Gasteiger partial charge < -0.3 is 5.32 Å². The van der Waals surface area contributed by atoms with Gasteiger partial charge in [0.2, 0.25) is 5.91 Å². The molecule has 3 rings (SSSR count). The number of amides is 1. The minimum atomic E-state index is -0.345. The second-order valence-corrected chi connectivity index (χ2v) is 8.64. The first kappa shape index (κ1) is 18.1. The third-order valence-electron chi connectivity index (χ3n) is 3.16. The number of hydrogen-bond acceptors (Lipinski definition) is 6. The Morgan fingerprint density at radius 2 is 2.08 bits per heavy atom. The first-order valence-corrected chi connectivity index (χ1v) is 9.76. The van der Waals surface area contributed by atoms with Crippen LogP contribution in [0.15, 0.2) is 53.0 Å². The lowest BCUT2D eigenvalue weighted by atomic mass is 10.3. The van der Waals surface area contributed by atoms with Crippen molar-refractivity contribution in [3.05, 3.63) is 57.6 Å². The van der Waals surface area contributed by atoms with Crippen molar-refractivity contribution in [1.82, 2.24) is 14.8 Å². The maximum atomic E-state index is 12.3. The van der Waals surface area contributed by atoms with Crippen LogP contribution in [0.4, 0.5) is 5.82 Å². The molecule has 9 heteroatoms. The van der Waals surface area contributed by atoms with Crippen LogP contribution >= 0.6 is 46.9 Å². The Balaban J connectivity index is 1.68. The summed E-state index contributed by atoms with van der Waals surface area (Å²) in [7, 11) is 0. The molecule has 1 N–H and O–H groups in total. The maximum absolute atomic E-state index is 12.3. The van der Waals surface area contributed by atoms with Crippen LogP contribution in [-0.2, 0) is 4.79 Å². The average molecular weight is 409 g/mol. The largest absolute Gasteiger partial charge is 0.310 e. The van der Waals surface area contributed by atoms with E-state index in [2.05, 4.69) is 15.4 Å². The lowest BCUT2D eigenvalue weighted by molar-refractivity contribution is -0.115. The summed E-state index contributed by atoms with van der Waals surface area (Å²) in [5.74, 6) is 0.302. The van der Waals surface area contributed by atoms with E-state index in [1.54, 1.807) is 16.8 Å². The van der Waals surface area contributed by atoms with Gasteiger partial charge in [0, 0.05) is 6.20 Å². The molecule has 25 heavy (non-hydrogen) atoms. The Morgan fingerprint density at radius 3 is 2.76 bits per heavy atom. The molecule has 1 unspecified atom stereocenters. The summed E-state index contributed by atoms with van der Waals surface area (Å²) in [4.78, 5) is 16.4. The van der Waals surface area contributed by atoms with Gasteiger partial charge in [0.1, 0.15) is 5.82 Å². The predicted octanol–water partition coefficient (Wildman–Crippen LogP) is 4.83. The number of benzene rings is 1. The lowest BCUT2D eigenvalue weighted by Crippen LogP contribution is -2.22. The molecule has 0 spiro atoms. The van der Waals surface area contributed by atoms with Gasteiger partial charge in [0.05, 0.1) is 16.0 Å². The molecule has 0 bridgehead atoms. The number of thioether (sulfide) groups is 1. The van der Waals surface area contributed by atoms with E-state index in [4.69, 9.17) is 23.8 Å². The zero-order valence-electron chi connectivity index (χ0n) is 13.0. The highest BCUT2D eigenvalue weighted by Crippen LogP contribution is 2.28. The van der Waals surface area contributed by atoms with Crippen LogP contribution in [-0.4, -0.2) is 25.9 Å². The van der Waals surface area contributed by atoms with Gasteiger partial charge >= 0.3 is 0 Å². The Bertz CT molecular complexity index is 925. The summed E-state index contributed by atoms with van der Waals surface area (Å²) in [5.41, 5.74) is 0.901. The van der Waals surface area contributed by atoms with E-state index in [1.165, 1.54) is 29.3 Å². The van der Waals surface area contributed by atoms with Gasteiger partial charge in [0.25, 0.3) is 0 Å². The van der Waals surface area contributed by atoms with Gasteiger partial charge in [-0.3, -0.25) is 4.79 Å². The number of carbonyl (C=O) groups is 1. The van der Waals surface area contributed by atoms with E-state index < -0.39 is 0 Å². The molecule has 3 aromatic rings. The molecule has 1 aromatic carbocycles. The number of pyridine rings is 1. The third-order valence-corrected chi connectivity index (χ3v) is 5.80. The summed E-state index contributed by atoms with van der Waals surface area (Å²) < 4.78 is 3.08. The van der Waals surface area contributed by atoms with E-state index in [1.807, 2.05) is 37.3 Å². The number of halogens is 1. The van der Waals surface area contributed by atoms with Crippen molar-refractivity contribution in [2.75, 3.05) is 5.32 Å². The summed E-state index contributed by atoms with van der Waals surface area (Å²) >= 11 is 13.9. The number of anilines is 1. The molecule has 0 saturated heterocycles. The fraction of sp³-hybridized carbons (Fsp3) is 0.125. The van der Waals surface area contributed by atoms with Crippen LogP contribution in [0.3, 0.4) is 0 Å². The normalized spacial score (nSPS) is 11.9. The molecule has 1 atom stereocenters. The first-order valence-electron chi connectivity index (χ1n) is 7.27. The minimum absolute atomic E-state index is 0.160. The quantitative estimate of drug-likeness (QED) is 0.484. The number of nitrogens with one attached hydrogen (secondary N) is 1. The van der Waals surface area contributed by atoms with E-state index in [0.717, 1.165) is 10.0 Å². The number of para-hydroxylation sites is 1. The van der Waals surface area contributed by atoms with Crippen LogP contribution in [0, 0.1) is 3.95 Å². The molecular weight excluding hydrogens is 396 g/mol. The maximum Gasteiger partial charge on any atom is 0.238 e. The highest BCUT2D eigenvalue weighted by atomic mass is 35.5. The summed E-state index contributed by atoms with van der Waals surface area (Å²) in [6.07, 6.45) is 1.49. The Hall–Kier alpha value is -1.74. The zero-order valence-corrected chi connectivity index (χ0v) is 16.3. The van der Waals surface area contributed by atoms with Crippen LogP contribution < -0.4 is 5.32 Å². The molecule has 5 nitrogen and oxygen atoms in total. The fourth-order valence-electron chi connectivity index (χ4n) is 1.92. The summed E-state index contributed by atoms with van der Waals surface area (Å²) in [6.45, 7) is 1.81. The molecule has 2 aromatic heterocycles. The molecule has 128 valence electrons. The molecule has 2 heterocycles. The van der Waals surface area contributed by atoms with E-state index in [9.17, 15) is 4.79 Å². The Labute approximate surface area is 163 Å². The highest BCUT2D eigenvalue weighted by molar-refractivity contribution is 8.02. The van der Waals surface area contributed by atoms with E-state index >= 15 is 0 Å². The van der Waals surface area contributed by atoms with E-state index in [-0.39, 0.29) is 11.2 Å². The van der Waals surface area contributed by atoms with Crippen LogP contribution in [0.1, 0.15) is 6.92 Å². The van der Waals surface area contributed by atoms with Crippen LogP contribution in [0.2, 0.25) is 5.02 Å². The number of carbonyl (C=O) groups excluding carboxylic acids is 1. The second-order valence-electron chi connectivity index (χ2n) is 4.99. The zero-order chi connectivity index (χ0) is 17.8. The van der Waals surface area contributed by atoms with Gasteiger partial charge in [-0.05, 0) is 43.4 Å². The van der Waals surface area contributed by atoms with Crippen LogP contribution in [0.5, 0.6) is 0 Å². The van der Waals surface area contributed by atoms with Crippen molar-refractivity contribution in [1.29, 1.82) is 0 Å². The molecule has 0 fully saturated rings. The smallest absolute Gasteiger partial charge is 0.238 e. The third kappa shape index (κ3) is 4.66. The van der Waals surface area contributed by atoms with Gasteiger partial charge in [-0.15, -0.1) is 5.10 Å². The minimum Gasteiger partial charge on any atom is -0.310 e. The van der Waals surface area contributed by atoms with Gasteiger partial charge in [-0.25, -0.2) is 9.67 Å². The average Bonchev–Trinajstić information content (AvgIpc) is 2.98. The molecule has 0 radical (unpaired) electrons. The Morgan fingerprint density at radius 1 is 1.32 bits per heavy atom. The van der Waals surface area contributed by atoms with Crippen molar-refractivity contribution in [2.24, 2.45) is 0 Å². The molecular formula is C16H13ClN4OS3. The van der Waals surface area contributed by atoms with Crippen molar-refractivity contribution in [3.63, 3.8) is 0 Å². The van der Waals surface area contributed by atoms with Crippen molar-refractivity contribution >= 4 is 58.6 Å². The van der Waals surface area contributed by atoms with Crippen LogP contribution in [0.25, 0.3) is 5.69 Å². The number of aromatic nitrogens is 3. The molecule has 0 aliphatic heterocycles. The SMILES string of the molecule is CC(Sc1nn(-c2ccccc2)c(=S)s1)C(=O)Nc1ccc(Cl)cn1. The first-order chi connectivity index (χ1) is 12.0. The molecule has 0 saturated carbocycles. The molecule has 1 amide bonds. The van der Waals surface area contributed by atoms with Gasteiger partial charge in [-0.2, -0.15) is 0 Å². The highest BCUT2D eigenvalue weighted by Gasteiger charge is 2.18. The predicted molar refractivity (Wildman–Crippen MR) is 105 cm³/mol. The Kier molecular flexibility index (Phi) is 5.85. The number of hydrogen-bond donors (Lipinski definition) is 1. The standard InChI is InChI=1S/C16H13ClN4OS3/c1-10(14(22)19-13-8-7-11(17)9-18-13)24-15-20-21(16(23)25-15)12-5-3-2-4-6-12/h2-10H,1H3,(H,18,19,22). The second kappa shape index (κ2) is 8.09. The summed E-state index contributed by atoms with van der Waals surface area (Å²) in [6, 6.07) is 13.0. The lowest BCUT2D eigenvalue weighted by Gasteiger charge is -2.09. The van der Waals surface area contributed by atoms with E-state index in [0.29, 0.717) is 14.8 Å². The number of nitrogens with zero attached hydrogens (tertiary/aromatic N) is 3. The van der Waals surface area contributed by atoms with Crippen molar-refractivity contribution < 1.29 is 4.79 Å². The number of rotatable bonds is 5. The van der Waals surface area contributed by atoms with Gasteiger partial charge in [-0.1, -0.05) is 52.9 Å².